The van der Waals surface area contributed by atoms with Gasteiger partial charge in [0.15, 0.2) is 5.13 Å². The number of amides is 1. The molecule has 1 fully saturated rings. The summed E-state index contributed by atoms with van der Waals surface area (Å²) in [5.74, 6) is 0. The summed E-state index contributed by atoms with van der Waals surface area (Å²) in [6.45, 7) is 3.09. The summed E-state index contributed by atoms with van der Waals surface area (Å²) in [5.41, 5.74) is 1.14. The zero-order chi connectivity index (χ0) is 11.0. The Morgan fingerprint density at radius 1 is 1.50 bits per heavy atom. The van der Waals surface area contributed by atoms with Crippen molar-refractivity contribution in [2.75, 3.05) is 24.6 Å². The second-order valence-electron chi connectivity index (χ2n) is 3.91. The van der Waals surface area contributed by atoms with Crippen molar-refractivity contribution in [3.05, 3.63) is 10.6 Å². The molecule has 1 N–H and O–H groups in total. The topological polar surface area (TPSA) is 54.5 Å². The van der Waals surface area contributed by atoms with Crippen LogP contribution in [0.2, 0.25) is 0 Å². The van der Waals surface area contributed by atoms with Gasteiger partial charge in [-0.2, -0.15) is 0 Å². The minimum atomic E-state index is -0.259. The van der Waals surface area contributed by atoms with Crippen LogP contribution in [0.15, 0.2) is 0 Å². The second kappa shape index (κ2) is 4.03. The highest BCUT2D eigenvalue weighted by molar-refractivity contribution is 7.15. The van der Waals surface area contributed by atoms with Gasteiger partial charge < -0.3 is 10.1 Å². The summed E-state index contributed by atoms with van der Waals surface area (Å²) in [4.78, 5) is 19.0. The SMILES string of the molecule is O=C1OCCCN1c1nc2c(s1)CNCC2. The molecular formula is C10H13N3O2S. The molecule has 0 unspecified atom stereocenters. The molecule has 6 heteroatoms. The van der Waals surface area contributed by atoms with Gasteiger partial charge in [-0.15, -0.1) is 0 Å². The third-order valence-corrected chi connectivity index (χ3v) is 3.91. The van der Waals surface area contributed by atoms with E-state index >= 15 is 0 Å². The zero-order valence-corrected chi connectivity index (χ0v) is 9.68. The van der Waals surface area contributed by atoms with E-state index in [2.05, 4.69) is 10.3 Å². The molecule has 3 rings (SSSR count). The average molecular weight is 239 g/mol. The van der Waals surface area contributed by atoms with E-state index in [1.54, 1.807) is 16.2 Å². The minimum absolute atomic E-state index is 0.259. The third kappa shape index (κ3) is 1.68. The minimum Gasteiger partial charge on any atom is -0.449 e. The number of ether oxygens (including phenoxy) is 1. The number of thiazole rings is 1. The van der Waals surface area contributed by atoms with Gasteiger partial charge in [0, 0.05) is 30.9 Å². The molecule has 5 nitrogen and oxygen atoms in total. The Labute approximate surface area is 97.4 Å². The lowest BCUT2D eigenvalue weighted by Crippen LogP contribution is -2.37. The van der Waals surface area contributed by atoms with Crippen LogP contribution in [0.1, 0.15) is 17.0 Å². The normalized spacial score (nSPS) is 20.5. The van der Waals surface area contributed by atoms with Gasteiger partial charge in [-0.05, 0) is 6.42 Å². The Balaban J connectivity index is 1.88. The van der Waals surface area contributed by atoms with Gasteiger partial charge in [0.05, 0.1) is 12.3 Å². The summed E-state index contributed by atoms with van der Waals surface area (Å²) < 4.78 is 5.01. The molecule has 16 heavy (non-hydrogen) atoms. The highest BCUT2D eigenvalue weighted by Gasteiger charge is 2.26. The van der Waals surface area contributed by atoms with E-state index in [9.17, 15) is 4.79 Å². The molecule has 0 atom stereocenters. The fourth-order valence-electron chi connectivity index (χ4n) is 1.95. The molecule has 0 bridgehead atoms. The first-order valence-corrected chi connectivity index (χ1v) is 6.30. The number of cyclic esters (lactones) is 1. The molecular weight excluding hydrogens is 226 g/mol. The first-order chi connectivity index (χ1) is 7.84. The van der Waals surface area contributed by atoms with Crippen LogP contribution in [0.5, 0.6) is 0 Å². The first kappa shape index (κ1) is 10.0. The Bertz CT molecular complexity index is 395. The summed E-state index contributed by atoms with van der Waals surface area (Å²) in [7, 11) is 0. The number of carbonyl (C=O) groups excluding carboxylic acids is 1. The zero-order valence-electron chi connectivity index (χ0n) is 8.86. The van der Waals surface area contributed by atoms with E-state index < -0.39 is 0 Å². The van der Waals surface area contributed by atoms with Crippen molar-refractivity contribution in [1.29, 1.82) is 0 Å². The molecule has 2 aliphatic heterocycles. The van der Waals surface area contributed by atoms with Crippen molar-refractivity contribution in [2.45, 2.75) is 19.4 Å². The van der Waals surface area contributed by atoms with Gasteiger partial charge in [-0.25, -0.2) is 9.78 Å². The van der Waals surface area contributed by atoms with E-state index in [-0.39, 0.29) is 6.09 Å². The molecule has 1 saturated heterocycles. The van der Waals surface area contributed by atoms with E-state index in [1.165, 1.54) is 4.88 Å². The van der Waals surface area contributed by atoms with Crippen LogP contribution in [-0.4, -0.2) is 30.8 Å². The number of hydrogen-bond acceptors (Lipinski definition) is 5. The van der Waals surface area contributed by atoms with Crippen molar-refractivity contribution in [2.24, 2.45) is 0 Å². The number of aromatic nitrogens is 1. The van der Waals surface area contributed by atoms with Crippen molar-refractivity contribution in [3.8, 4) is 0 Å². The molecule has 3 heterocycles. The molecule has 2 aliphatic rings. The number of carbonyl (C=O) groups is 1. The number of hydrogen-bond donors (Lipinski definition) is 1. The molecule has 0 radical (unpaired) electrons. The molecule has 86 valence electrons. The van der Waals surface area contributed by atoms with Crippen LogP contribution >= 0.6 is 11.3 Å². The lowest BCUT2D eigenvalue weighted by atomic mass is 10.2. The van der Waals surface area contributed by atoms with Gasteiger partial charge in [-0.3, -0.25) is 4.90 Å². The lowest BCUT2D eigenvalue weighted by molar-refractivity contribution is 0.140. The molecule has 1 aromatic heterocycles. The maximum absolute atomic E-state index is 11.6. The smallest absolute Gasteiger partial charge is 0.416 e. The van der Waals surface area contributed by atoms with Gasteiger partial charge >= 0.3 is 6.09 Å². The summed E-state index contributed by atoms with van der Waals surface area (Å²) in [6.07, 6.45) is 1.58. The largest absolute Gasteiger partial charge is 0.449 e. The summed E-state index contributed by atoms with van der Waals surface area (Å²) in [5, 5.41) is 4.09. The molecule has 0 aliphatic carbocycles. The molecule has 0 saturated carbocycles. The monoisotopic (exact) mass is 239 g/mol. The van der Waals surface area contributed by atoms with Gasteiger partial charge in [0.1, 0.15) is 0 Å². The van der Waals surface area contributed by atoms with Crippen LogP contribution in [-0.2, 0) is 17.7 Å². The highest BCUT2D eigenvalue weighted by Crippen LogP contribution is 2.29. The van der Waals surface area contributed by atoms with E-state index in [1.807, 2.05) is 0 Å². The van der Waals surface area contributed by atoms with E-state index in [4.69, 9.17) is 4.74 Å². The van der Waals surface area contributed by atoms with Gasteiger partial charge in [-0.1, -0.05) is 11.3 Å². The molecule has 0 aromatic carbocycles. The summed E-state index contributed by atoms with van der Waals surface area (Å²) >= 11 is 1.60. The Morgan fingerprint density at radius 3 is 3.25 bits per heavy atom. The maximum atomic E-state index is 11.6. The summed E-state index contributed by atoms with van der Waals surface area (Å²) in [6, 6.07) is 0. The van der Waals surface area contributed by atoms with Crippen LogP contribution in [0, 0.1) is 0 Å². The molecule has 1 amide bonds. The van der Waals surface area contributed by atoms with E-state index in [0.29, 0.717) is 6.61 Å². The maximum Gasteiger partial charge on any atom is 0.416 e. The average Bonchev–Trinajstić information content (AvgIpc) is 2.73. The van der Waals surface area contributed by atoms with Crippen LogP contribution < -0.4 is 10.2 Å². The Morgan fingerprint density at radius 2 is 2.44 bits per heavy atom. The number of anilines is 1. The number of rotatable bonds is 1. The molecule has 0 spiro atoms. The first-order valence-electron chi connectivity index (χ1n) is 5.48. The van der Waals surface area contributed by atoms with Crippen molar-refractivity contribution in [3.63, 3.8) is 0 Å². The Hall–Kier alpha value is -1.14. The van der Waals surface area contributed by atoms with Gasteiger partial charge in [0.2, 0.25) is 0 Å². The predicted octanol–water partition coefficient (Wildman–Crippen LogP) is 1.14. The van der Waals surface area contributed by atoms with Gasteiger partial charge in [0.25, 0.3) is 0 Å². The molecule has 1 aromatic rings. The third-order valence-electron chi connectivity index (χ3n) is 2.79. The van der Waals surface area contributed by atoms with Crippen LogP contribution in [0.25, 0.3) is 0 Å². The quantitative estimate of drug-likeness (QED) is 0.798. The predicted molar refractivity (Wildman–Crippen MR) is 60.8 cm³/mol. The van der Waals surface area contributed by atoms with Crippen molar-refractivity contribution < 1.29 is 9.53 Å². The Kier molecular flexibility index (Phi) is 2.53. The number of nitrogens with zero attached hydrogens (tertiary/aromatic N) is 2. The fourth-order valence-corrected chi connectivity index (χ4v) is 3.04. The van der Waals surface area contributed by atoms with E-state index in [0.717, 1.165) is 43.3 Å². The number of nitrogens with one attached hydrogen (secondary N) is 1. The standard InChI is InChI=1S/C10H13N3O2S/c14-10-13(4-1-5-15-10)9-12-7-2-3-11-6-8(7)16-9/h11H,1-6H2. The number of fused-ring (bicyclic) bond motifs is 1. The lowest BCUT2D eigenvalue weighted by Gasteiger charge is -2.23. The fraction of sp³-hybridized carbons (Fsp3) is 0.600. The second-order valence-corrected chi connectivity index (χ2v) is 4.97. The van der Waals surface area contributed by atoms with Crippen molar-refractivity contribution >= 4 is 22.6 Å². The van der Waals surface area contributed by atoms with Crippen LogP contribution in [0.3, 0.4) is 0 Å². The van der Waals surface area contributed by atoms with Crippen molar-refractivity contribution in [1.82, 2.24) is 10.3 Å². The van der Waals surface area contributed by atoms with Crippen LogP contribution in [0.4, 0.5) is 9.93 Å². The highest BCUT2D eigenvalue weighted by atomic mass is 32.1.